The molecule has 0 amide bonds. The largest absolute Gasteiger partial charge is 0.378 e. The van der Waals surface area contributed by atoms with E-state index in [0.29, 0.717) is 0 Å². The molecular formula is C16H19N5. The van der Waals surface area contributed by atoms with Crippen molar-refractivity contribution < 1.29 is 0 Å². The van der Waals surface area contributed by atoms with Crippen LogP contribution in [0.2, 0.25) is 0 Å². The Balaban J connectivity index is 2.06. The van der Waals surface area contributed by atoms with Gasteiger partial charge in [-0.2, -0.15) is 0 Å². The molecule has 0 radical (unpaired) electrons. The van der Waals surface area contributed by atoms with Crippen LogP contribution < -0.4 is 9.80 Å². The van der Waals surface area contributed by atoms with Crippen LogP contribution in [0, 0.1) is 0 Å². The highest BCUT2D eigenvalue weighted by Gasteiger charge is 2.09. The van der Waals surface area contributed by atoms with Gasteiger partial charge in [0, 0.05) is 39.4 Å². The van der Waals surface area contributed by atoms with Crippen LogP contribution in [0.4, 0.5) is 11.5 Å². The van der Waals surface area contributed by atoms with Gasteiger partial charge in [0.1, 0.15) is 11.6 Å². The lowest BCUT2D eigenvalue weighted by Crippen LogP contribution is -2.10. The van der Waals surface area contributed by atoms with Gasteiger partial charge in [0.05, 0.1) is 5.52 Å². The molecule has 0 bridgehead atoms. The first-order valence-corrected chi connectivity index (χ1v) is 6.86. The molecule has 0 fully saturated rings. The number of nitrogens with zero attached hydrogens (tertiary/aromatic N) is 4. The Hall–Kier alpha value is -2.56. The highest BCUT2D eigenvalue weighted by Crippen LogP contribution is 2.24. The molecule has 5 nitrogen and oxygen atoms in total. The number of imidazole rings is 1. The van der Waals surface area contributed by atoms with Gasteiger partial charge < -0.3 is 14.8 Å². The van der Waals surface area contributed by atoms with Crippen LogP contribution in [0.5, 0.6) is 0 Å². The maximum atomic E-state index is 4.61. The zero-order chi connectivity index (χ0) is 15.0. The van der Waals surface area contributed by atoms with Crippen LogP contribution in [-0.2, 0) is 0 Å². The van der Waals surface area contributed by atoms with Gasteiger partial charge in [-0.3, -0.25) is 0 Å². The summed E-state index contributed by atoms with van der Waals surface area (Å²) in [4.78, 5) is 16.6. The van der Waals surface area contributed by atoms with Gasteiger partial charge in [-0.25, -0.2) is 9.97 Å². The highest BCUT2D eigenvalue weighted by atomic mass is 15.1. The Morgan fingerprint density at radius 2 is 1.71 bits per heavy atom. The minimum atomic E-state index is 0.742. The summed E-state index contributed by atoms with van der Waals surface area (Å²) in [6, 6.07) is 12.3. The van der Waals surface area contributed by atoms with Crippen LogP contribution in [0.25, 0.3) is 22.6 Å². The number of anilines is 2. The molecule has 0 aliphatic rings. The summed E-state index contributed by atoms with van der Waals surface area (Å²) >= 11 is 0. The Kier molecular flexibility index (Phi) is 3.25. The molecule has 1 aromatic carbocycles. The molecule has 2 heterocycles. The molecule has 108 valence electrons. The smallest absolute Gasteiger partial charge is 0.180 e. The van der Waals surface area contributed by atoms with Crippen molar-refractivity contribution in [1.82, 2.24) is 15.0 Å². The van der Waals surface area contributed by atoms with Gasteiger partial charge in [0.25, 0.3) is 0 Å². The number of H-pyrrole nitrogens is 1. The fourth-order valence-corrected chi connectivity index (χ4v) is 2.20. The van der Waals surface area contributed by atoms with Crippen molar-refractivity contribution in [3.05, 3.63) is 36.4 Å². The van der Waals surface area contributed by atoms with E-state index in [1.165, 1.54) is 0 Å². The summed E-state index contributed by atoms with van der Waals surface area (Å²) in [5.41, 5.74) is 3.90. The fraction of sp³-hybridized carbons (Fsp3) is 0.250. The first kappa shape index (κ1) is 13.4. The van der Waals surface area contributed by atoms with Gasteiger partial charge in [-0.15, -0.1) is 0 Å². The second-order valence-electron chi connectivity index (χ2n) is 5.47. The molecule has 0 unspecified atom stereocenters. The van der Waals surface area contributed by atoms with E-state index in [4.69, 9.17) is 0 Å². The molecule has 21 heavy (non-hydrogen) atoms. The fourth-order valence-electron chi connectivity index (χ4n) is 2.20. The van der Waals surface area contributed by atoms with E-state index in [1.807, 2.05) is 51.3 Å². The number of aromatic nitrogens is 3. The first-order chi connectivity index (χ1) is 10.0. The second kappa shape index (κ2) is 5.09. The number of hydrogen-bond donors (Lipinski definition) is 1. The Labute approximate surface area is 124 Å². The van der Waals surface area contributed by atoms with E-state index in [-0.39, 0.29) is 0 Å². The van der Waals surface area contributed by atoms with Crippen molar-refractivity contribution in [2.24, 2.45) is 0 Å². The summed E-state index contributed by atoms with van der Waals surface area (Å²) in [6.45, 7) is 0. The third kappa shape index (κ3) is 2.54. The third-order valence-electron chi connectivity index (χ3n) is 3.43. The van der Waals surface area contributed by atoms with E-state index >= 15 is 0 Å². The number of pyridine rings is 1. The number of rotatable bonds is 3. The van der Waals surface area contributed by atoms with Crippen molar-refractivity contribution >= 4 is 22.7 Å². The van der Waals surface area contributed by atoms with Gasteiger partial charge >= 0.3 is 0 Å². The molecule has 0 saturated carbocycles. The summed E-state index contributed by atoms with van der Waals surface area (Å²) in [5, 5.41) is 0. The quantitative estimate of drug-likeness (QED) is 0.802. The topological polar surface area (TPSA) is 48.1 Å². The van der Waals surface area contributed by atoms with E-state index in [2.05, 4.69) is 38.1 Å². The number of hydrogen-bond acceptors (Lipinski definition) is 4. The highest BCUT2D eigenvalue weighted by molar-refractivity contribution is 5.78. The van der Waals surface area contributed by atoms with Crippen molar-refractivity contribution in [3.8, 4) is 11.4 Å². The monoisotopic (exact) mass is 281 g/mol. The third-order valence-corrected chi connectivity index (χ3v) is 3.43. The Morgan fingerprint density at radius 3 is 2.43 bits per heavy atom. The lowest BCUT2D eigenvalue weighted by atomic mass is 10.2. The van der Waals surface area contributed by atoms with Crippen molar-refractivity contribution in [3.63, 3.8) is 0 Å². The first-order valence-electron chi connectivity index (χ1n) is 6.86. The van der Waals surface area contributed by atoms with Crippen LogP contribution in [-0.4, -0.2) is 43.1 Å². The summed E-state index contributed by atoms with van der Waals surface area (Å²) in [7, 11) is 8.01. The van der Waals surface area contributed by atoms with Gasteiger partial charge in [-0.05, 0) is 24.3 Å². The maximum absolute atomic E-state index is 4.61. The van der Waals surface area contributed by atoms with Gasteiger partial charge in [0.15, 0.2) is 5.65 Å². The lowest BCUT2D eigenvalue weighted by Gasteiger charge is -2.12. The van der Waals surface area contributed by atoms with Gasteiger partial charge in [0.2, 0.25) is 0 Å². The molecule has 0 saturated heterocycles. The van der Waals surface area contributed by atoms with Crippen molar-refractivity contribution in [2.45, 2.75) is 0 Å². The minimum absolute atomic E-state index is 0.742. The summed E-state index contributed by atoms with van der Waals surface area (Å²) < 4.78 is 0. The standard InChI is InChI=1S/C16H19N5/c1-20(2)12-7-5-6-11(10-12)15-17-13-8-9-14(21(3)4)18-16(13)19-15/h5-10H,1-4H3,(H,17,18,19). The van der Waals surface area contributed by atoms with E-state index in [1.54, 1.807) is 0 Å². The van der Waals surface area contributed by atoms with Crippen molar-refractivity contribution in [2.75, 3.05) is 38.0 Å². The Bertz CT molecular complexity index is 773. The normalized spacial score (nSPS) is 10.9. The molecule has 1 N–H and O–H groups in total. The van der Waals surface area contributed by atoms with Crippen LogP contribution in [0.15, 0.2) is 36.4 Å². The molecule has 0 aliphatic heterocycles. The molecule has 0 spiro atoms. The average Bonchev–Trinajstić information content (AvgIpc) is 2.90. The van der Waals surface area contributed by atoms with E-state index in [0.717, 1.165) is 34.1 Å². The SMILES string of the molecule is CN(C)c1cccc(-c2nc3nc(N(C)C)ccc3[nH]2)c1. The summed E-state index contributed by atoms with van der Waals surface area (Å²) in [5.74, 6) is 1.75. The number of aromatic amines is 1. The molecule has 0 atom stereocenters. The predicted octanol–water partition coefficient (Wildman–Crippen LogP) is 2.76. The number of fused-ring (bicyclic) bond motifs is 1. The van der Waals surface area contributed by atoms with Crippen LogP contribution in [0.1, 0.15) is 0 Å². The van der Waals surface area contributed by atoms with Crippen LogP contribution >= 0.6 is 0 Å². The zero-order valence-corrected chi connectivity index (χ0v) is 12.8. The molecule has 3 rings (SSSR count). The molecule has 0 aliphatic carbocycles. The molecular weight excluding hydrogens is 262 g/mol. The Morgan fingerprint density at radius 1 is 0.905 bits per heavy atom. The maximum Gasteiger partial charge on any atom is 0.180 e. The van der Waals surface area contributed by atoms with Gasteiger partial charge in [-0.1, -0.05) is 12.1 Å². The number of nitrogens with one attached hydrogen (secondary N) is 1. The summed E-state index contributed by atoms with van der Waals surface area (Å²) in [6.07, 6.45) is 0. The zero-order valence-electron chi connectivity index (χ0n) is 12.8. The van der Waals surface area contributed by atoms with Crippen LogP contribution in [0.3, 0.4) is 0 Å². The van der Waals surface area contributed by atoms with E-state index < -0.39 is 0 Å². The predicted molar refractivity (Wildman–Crippen MR) is 88.0 cm³/mol. The number of benzene rings is 1. The second-order valence-corrected chi connectivity index (χ2v) is 5.47. The minimum Gasteiger partial charge on any atom is -0.378 e. The van der Waals surface area contributed by atoms with Crippen molar-refractivity contribution in [1.29, 1.82) is 0 Å². The average molecular weight is 281 g/mol. The molecule has 2 aromatic heterocycles. The molecule has 5 heteroatoms. The molecule has 3 aromatic rings. The van der Waals surface area contributed by atoms with E-state index in [9.17, 15) is 0 Å². The lowest BCUT2D eigenvalue weighted by molar-refractivity contribution is 1.08.